The van der Waals surface area contributed by atoms with Crippen LogP contribution >= 0.6 is 11.3 Å². The first-order valence-electron chi connectivity index (χ1n) is 6.17. The monoisotopic (exact) mass is 240 g/mol. The highest BCUT2D eigenvalue weighted by atomic mass is 32.1. The smallest absolute Gasteiger partial charge is 0.423 e. The van der Waals surface area contributed by atoms with E-state index in [1.165, 1.54) is 55.4 Å². The van der Waals surface area contributed by atoms with Crippen molar-refractivity contribution in [1.29, 1.82) is 0 Å². The summed E-state index contributed by atoms with van der Waals surface area (Å²) >= 11 is 1.43. The third kappa shape index (κ3) is 5.15. The summed E-state index contributed by atoms with van der Waals surface area (Å²) in [4.78, 5) is 0. The van der Waals surface area contributed by atoms with Crippen molar-refractivity contribution in [1.82, 2.24) is 0 Å². The van der Waals surface area contributed by atoms with Crippen molar-refractivity contribution in [3.05, 3.63) is 17.0 Å². The van der Waals surface area contributed by atoms with Gasteiger partial charge in [0, 0.05) is 4.78 Å². The number of hydrogen-bond donors (Lipinski definition) is 2. The standard InChI is InChI=1S/C12H21BO2S/c1-2-3-4-5-6-7-8-11-9-12(13(14)15)16-10-11/h9-10,14-15H,2-8H2,1H3. The van der Waals surface area contributed by atoms with Crippen molar-refractivity contribution in [3.63, 3.8) is 0 Å². The largest absolute Gasteiger partial charge is 0.499 e. The third-order valence-electron chi connectivity index (χ3n) is 2.75. The number of hydrogen-bond acceptors (Lipinski definition) is 3. The molecule has 0 spiro atoms. The van der Waals surface area contributed by atoms with Crippen LogP contribution in [0.4, 0.5) is 0 Å². The molecule has 0 aliphatic carbocycles. The topological polar surface area (TPSA) is 40.5 Å². The second-order valence-electron chi connectivity index (χ2n) is 4.25. The molecular formula is C12H21BO2S. The predicted octanol–water partition coefficient (Wildman–Crippen LogP) is 2.33. The van der Waals surface area contributed by atoms with Gasteiger partial charge in [0.05, 0.1) is 0 Å². The van der Waals surface area contributed by atoms with Gasteiger partial charge in [0.1, 0.15) is 0 Å². The SMILES string of the molecule is CCCCCCCCc1csc(B(O)O)c1. The molecule has 0 bridgehead atoms. The summed E-state index contributed by atoms with van der Waals surface area (Å²) in [6.45, 7) is 2.23. The van der Waals surface area contributed by atoms with Gasteiger partial charge in [0.2, 0.25) is 0 Å². The number of unbranched alkanes of at least 4 members (excludes halogenated alkanes) is 5. The molecule has 0 saturated carbocycles. The zero-order chi connectivity index (χ0) is 11.8. The number of aryl methyl sites for hydroxylation is 1. The Labute approximate surface area is 102 Å². The predicted molar refractivity (Wildman–Crippen MR) is 71.2 cm³/mol. The van der Waals surface area contributed by atoms with Gasteiger partial charge in [-0.25, -0.2) is 0 Å². The maximum absolute atomic E-state index is 8.97. The molecule has 1 heterocycles. The summed E-state index contributed by atoms with van der Waals surface area (Å²) < 4.78 is 0.654. The Morgan fingerprint density at radius 1 is 1.12 bits per heavy atom. The second-order valence-corrected chi connectivity index (χ2v) is 5.19. The van der Waals surface area contributed by atoms with E-state index < -0.39 is 7.12 Å². The quantitative estimate of drug-likeness (QED) is 0.540. The fourth-order valence-corrected chi connectivity index (χ4v) is 2.58. The van der Waals surface area contributed by atoms with Crippen LogP contribution in [0.2, 0.25) is 0 Å². The Morgan fingerprint density at radius 3 is 2.44 bits per heavy atom. The molecule has 16 heavy (non-hydrogen) atoms. The molecule has 4 heteroatoms. The van der Waals surface area contributed by atoms with Crippen molar-refractivity contribution in [2.24, 2.45) is 0 Å². The van der Waals surface area contributed by atoms with Crippen molar-refractivity contribution in [2.45, 2.75) is 51.9 Å². The van der Waals surface area contributed by atoms with Crippen LogP contribution < -0.4 is 4.78 Å². The lowest BCUT2D eigenvalue weighted by molar-refractivity contribution is 0.427. The zero-order valence-corrected chi connectivity index (χ0v) is 10.8. The Hall–Kier alpha value is -0.315. The second kappa shape index (κ2) is 7.88. The van der Waals surface area contributed by atoms with Crippen LogP contribution in [0.1, 0.15) is 51.0 Å². The summed E-state index contributed by atoms with van der Waals surface area (Å²) in [6.07, 6.45) is 8.87. The molecule has 90 valence electrons. The van der Waals surface area contributed by atoms with E-state index in [0.717, 1.165) is 6.42 Å². The van der Waals surface area contributed by atoms with Crippen molar-refractivity contribution in [3.8, 4) is 0 Å². The molecule has 0 aliphatic heterocycles. The van der Waals surface area contributed by atoms with Gasteiger partial charge in [-0.1, -0.05) is 39.0 Å². The van der Waals surface area contributed by atoms with E-state index in [1.54, 1.807) is 0 Å². The molecular weight excluding hydrogens is 219 g/mol. The first-order chi connectivity index (χ1) is 7.74. The highest BCUT2D eigenvalue weighted by Gasteiger charge is 2.13. The molecule has 0 aliphatic rings. The van der Waals surface area contributed by atoms with Crippen molar-refractivity contribution >= 4 is 23.2 Å². The Bertz CT molecular complexity index is 286. The number of thiophene rings is 1. The molecule has 0 saturated heterocycles. The van der Waals surface area contributed by atoms with E-state index in [0.29, 0.717) is 4.78 Å². The van der Waals surface area contributed by atoms with Gasteiger partial charge in [-0.3, -0.25) is 0 Å². The Balaban J connectivity index is 2.12. The van der Waals surface area contributed by atoms with Gasteiger partial charge in [0.15, 0.2) is 0 Å². The van der Waals surface area contributed by atoms with Crippen LogP contribution in [0.25, 0.3) is 0 Å². The molecule has 1 rings (SSSR count). The molecule has 2 nitrogen and oxygen atoms in total. The summed E-state index contributed by atoms with van der Waals surface area (Å²) in [5.74, 6) is 0. The normalized spacial score (nSPS) is 10.7. The van der Waals surface area contributed by atoms with Crippen molar-refractivity contribution < 1.29 is 10.0 Å². The minimum absolute atomic E-state index is 0.654. The fourth-order valence-electron chi connectivity index (χ4n) is 1.77. The van der Waals surface area contributed by atoms with Gasteiger partial charge in [-0.2, -0.15) is 11.3 Å². The van der Waals surface area contributed by atoms with Gasteiger partial charge in [0.25, 0.3) is 0 Å². The average molecular weight is 240 g/mol. The van der Waals surface area contributed by atoms with E-state index in [4.69, 9.17) is 10.0 Å². The summed E-state index contributed by atoms with van der Waals surface area (Å²) in [7, 11) is -1.30. The van der Waals surface area contributed by atoms with E-state index >= 15 is 0 Å². The maximum atomic E-state index is 8.97. The van der Waals surface area contributed by atoms with E-state index in [1.807, 2.05) is 11.4 Å². The highest BCUT2D eigenvalue weighted by molar-refractivity contribution is 7.20. The minimum atomic E-state index is -1.30. The Kier molecular flexibility index (Phi) is 6.77. The zero-order valence-electron chi connectivity index (χ0n) is 9.98. The maximum Gasteiger partial charge on any atom is 0.499 e. The van der Waals surface area contributed by atoms with Crippen LogP contribution in [0.3, 0.4) is 0 Å². The highest BCUT2D eigenvalue weighted by Crippen LogP contribution is 2.11. The van der Waals surface area contributed by atoms with E-state index in [-0.39, 0.29) is 0 Å². The van der Waals surface area contributed by atoms with Gasteiger partial charge >= 0.3 is 7.12 Å². The fraction of sp³-hybridized carbons (Fsp3) is 0.667. The molecule has 0 radical (unpaired) electrons. The van der Waals surface area contributed by atoms with Crippen LogP contribution in [0, 0.1) is 0 Å². The van der Waals surface area contributed by atoms with Crippen LogP contribution in [-0.4, -0.2) is 17.2 Å². The molecule has 0 fully saturated rings. The lowest BCUT2D eigenvalue weighted by Gasteiger charge is -1.99. The molecule has 0 amide bonds. The van der Waals surface area contributed by atoms with E-state index in [9.17, 15) is 0 Å². The lowest BCUT2D eigenvalue weighted by atomic mass is 9.89. The Morgan fingerprint density at radius 2 is 1.81 bits per heavy atom. The first kappa shape index (κ1) is 13.7. The average Bonchev–Trinajstić information content (AvgIpc) is 2.72. The van der Waals surface area contributed by atoms with Crippen LogP contribution in [0.15, 0.2) is 11.4 Å². The van der Waals surface area contributed by atoms with Gasteiger partial charge < -0.3 is 10.0 Å². The molecule has 1 aromatic heterocycles. The van der Waals surface area contributed by atoms with Gasteiger partial charge in [-0.05, 0) is 29.9 Å². The third-order valence-corrected chi connectivity index (χ3v) is 3.77. The minimum Gasteiger partial charge on any atom is -0.423 e. The molecule has 2 N–H and O–H groups in total. The molecule has 1 aromatic rings. The molecule has 0 unspecified atom stereocenters. The van der Waals surface area contributed by atoms with Crippen molar-refractivity contribution in [2.75, 3.05) is 0 Å². The van der Waals surface area contributed by atoms with Gasteiger partial charge in [-0.15, -0.1) is 0 Å². The summed E-state index contributed by atoms with van der Waals surface area (Å²) in [6, 6.07) is 1.90. The van der Waals surface area contributed by atoms with E-state index in [2.05, 4.69) is 6.92 Å². The van der Waals surface area contributed by atoms with Crippen LogP contribution in [-0.2, 0) is 6.42 Å². The molecule has 0 aromatic carbocycles. The lowest BCUT2D eigenvalue weighted by Crippen LogP contribution is -2.26. The summed E-state index contributed by atoms with van der Waals surface area (Å²) in [5, 5.41) is 20.0. The van der Waals surface area contributed by atoms with Crippen LogP contribution in [0.5, 0.6) is 0 Å². The summed E-state index contributed by atoms with van der Waals surface area (Å²) in [5.41, 5.74) is 1.24. The number of rotatable bonds is 8. The molecule has 0 atom stereocenters. The first-order valence-corrected chi connectivity index (χ1v) is 7.05.